The molecule has 1 rings (SSSR count). The van der Waals surface area contributed by atoms with Gasteiger partial charge in [-0.2, -0.15) is 0 Å². The summed E-state index contributed by atoms with van der Waals surface area (Å²) >= 11 is 0. The van der Waals surface area contributed by atoms with Gasteiger partial charge in [-0.1, -0.05) is 0 Å². The Balaban J connectivity index is 2.44. The van der Waals surface area contributed by atoms with Crippen molar-refractivity contribution in [1.82, 2.24) is 4.90 Å². The predicted octanol–water partition coefficient (Wildman–Crippen LogP) is -1.00. The second kappa shape index (κ2) is 5.79. The van der Waals surface area contributed by atoms with E-state index in [4.69, 9.17) is 10.5 Å². The molecule has 0 amide bonds. The maximum absolute atomic E-state index is 11.3. The van der Waals surface area contributed by atoms with Crippen molar-refractivity contribution >= 4 is 15.8 Å². The van der Waals surface area contributed by atoms with E-state index in [1.807, 2.05) is 4.90 Å². The monoisotopic (exact) mass is 264 g/mol. The molecule has 0 bridgehead atoms. The highest BCUT2D eigenvalue weighted by molar-refractivity contribution is 7.91. The highest BCUT2D eigenvalue weighted by atomic mass is 32.2. The maximum atomic E-state index is 11.3. The van der Waals surface area contributed by atoms with Crippen molar-refractivity contribution in [2.24, 2.45) is 5.73 Å². The standard InChI is InChI=1S/C10H20N2O4S/c1-3-16-10(13)9(11)6-12(2)8-4-5-17(14,15)7-8/h8-9H,3-7,11H2,1-2H3. The molecule has 0 spiro atoms. The zero-order valence-corrected chi connectivity index (χ0v) is 11.1. The SMILES string of the molecule is CCOC(=O)C(N)CN(C)C1CCS(=O)(=O)C1. The fraction of sp³-hybridized carbons (Fsp3) is 0.900. The van der Waals surface area contributed by atoms with E-state index < -0.39 is 21.8 Å². The van der Waals surface area contributed by atoms with E-state index in [0.29, 0.717) is 19.6 Å². The van der Waals surface area contributed by atoms with Crippen LogP contribution in [0.5, 0.6) is 0 Å². The number of rotatable bonds is 5. The van der Waals surface area contributed by atoms with Crippen molar-refractivity contribution < 1.29 is 17.9 Å². The molecule has 2 unspecified atom stereocenters. The predicted molar refractivity (Wildman–Crippen MR) is 64.3 cm³/mol. The van der Waals surface area contributed by atoms with Crippen LogP contribution in [0.25, 0.3) is 0 Å². The van der Waals surface area contributed by atoms with Gasteiger partial charge >= 0.3 is 5.97 Å². The topological polar surface area (TPSA) is 89.7 Å². The Bertz CT molecular complexity index is 369. The van der Waals surface area contributed by atoms with E-state index >= 15 is 0 Å². The van der Waals surface area contributed by atoms with Gasteiger partial charge in [-0.3, -0.25) is 4.79 Å². The molecule has 0 aromatic heterocycles. The van der Waals surface area contributed by atoms with Crippen molar-refractivity contribution in [3.63, 3.8) is 0 Å². The van der Waals surface area contributed by atoms with Gasteiger partial charge in [0.25, 0.3) is 0 Å². The van der Waals surface area contributed by atoms with Crippen LogP contribution in [0.1, 0.15) is 13.3 Å². The lowest BCUT2D eigenvalue weighted by Gasteiger charge is -2.25. The highest BCUT2D eigenvalue weighted by Crippen LogP contribution is 2.16. The number of nitrogens with zero attached hydrogens (tertiary/aromatic N) is 1. The second-order valence-electron chi connectivity index (χ2n) is 4.35. The van der Waals surface area contributed by atoms with Gasteiger partial charge in [-0.05, 0) is 20.4 Å². The summed E-state index contributed by atoms with van der Waals surface area (Å²) in [5, 5.41) is 0. The Morgan fingerprint density at radius 3 is 2.71 bits per heavy atom. The summed E-state index contributed by atoms with van der Waals surface area (Å²) < 4.78 is 27.4. The molecule has 17 heavy (non-hydrogen) atoms. The first-order chi connectivity index (χ1) is 7.85. The lowest BCUT2D eigenvalue weighted by atomic mass is 10.2. The van der Waals surface area contributed by atoms with Crippen LogP contribution >= 0.6 is 0 Å². The molecule has 0 saturated carbocycles. The molecule has 1 aliphatic heterocycles. The Morgan fingerprint density at radius 2 is 2.24 bits per heavy atom. The van der Waals surface area contributed by atoms with Gasteiger partial charge in [-0.25, -0.2) is 8.42 Å². The molecule has 7 heteroatoms. The van der Waals surface area contributed by atoms with Crippen molar-refractivity contribution in [2.75, 3.05) is 31.7 Å². The minimum Gasteiger partial charge on any atom is -0.465 e. The molecule has 2 atom stereocenters. The number of likely N-dealkylation sites (N-methyl/N-ethyl adjacent to an activating group) is 1. The molecule has 0 aromatic rings. The van der Waals surface area contributed by atoms with Crippen LogP contribution in [0.15, 0.2) is 0 Å². The van der Waals surface area contributed by atoms with Crippen LogP contribution in [0.4, 0.5) is 0 Å². The summed E-state index contributed by atoms with van der Waals surface area (Å²) in [5.41, 5.74) is 5.67. The quantitative estimate of drug-likeness (QED) is 0.640. The minimum atomic E-state index is -2.91. The van der Waals surface area contributed by atoms with Crippen LogP contribution in [-0.2, 0) is 19.4 Å². The molecule has 1 heterocycles. The van der Waals surface area contributed by atoms with Gasteiger partial charge in [0.2, 0.25) is 0 Å². The Morgan fingerprint density at radius 1 is 1.59 bits per heavy atom. The van der Waals surface area contributed by atoms with Crippen LogP contribution in [-0.4, -0.2) is 63.1 Å². The number of ether oxygens (including phenoxy) is 1. The number of carbonyl (C=O) groups excluding carboxylic acids is 1. The van der Waals surface area contributed by atoms with E-state index in [-0.39, 0.29) is 17.5 Å². The number of esters is 1. The molecule has 2 N–H and O–H groups in total. The number of nitrogens with two attached hydrogens (primary N) is 1. The summed E-state index contributed by atoms with van der Waals surface area (Å²) in [5.74, 6) is -0.0735. The summed E-state index contributed by atoms with van der Waals surface area (Å²) in [6.45, 7) is 2.34. The number of carbonyl (C=O) groups is 1. The largest absolute Gasteiger partial charge is 0.465 e. The fourth-order valence-corrected chi connectivity index (χ4v) is 3.71. The number of sulfone groups is 1. The molecule has 6 nitrogen and oxygen atoms in total. The lowest BCUT2D eigenvalue weighted by Crippen LogP contribution is -2.46. The molecule has 1 fully saturated rings. The third-order valence-corrected chi connectivity index (χ3v) is 4.66. The first-order valence-electron chi connectivity index (χ1n) is 5.68. The van der Waals surface area contributed by atoms with Gasteiger partial charge < -0.3 is 15.4 Å². The van der Waals surface area contributed by atoms with Crippen molar-refractivity contribution in [3.8, 4) is 0 Å². The van der Waals surface area contributed by atoms with E-state index in [1.165, 1.54) is 0 Å². The molecule has 100 valence electrons. The van der Waals surface area contributed by atoms with Gasteiger partial charge in [0.1, 0.15) is 6.04 Å². The molecule has 0 aliphatic carbocycles. The first kappa shape index (κ1) is 14.4. The van der Waals surface area contributed by atoms with Crippen LogP contribution in [0.3, 0.4) is 0 Å². The lowest BCUT2D eigenvalue weighted by molar-refractivity contribution is -0.145. The Kier molecular flexibility index (Phi) is 4.91. The third-order valence-electron chi connectivity index (χ3n) is 2.91. The maximum Gasteiger partial charge on any atom is 0.324 e. The Labute approximate surface area is 102 Å². The van der Waals surface area contributed by atoms with Crippen LogP contribution in [0.2, 0.25) is 0 Å². The van der Waals surface area contributed by atoms with Crippen molar-refractivity contribution in [3.05, 3.63) is 0 Å². The van der Waals surface area contributed by atoms with Crippen molar-refractivity contribution in [2.45, 2.75) is 25.4 Å². The summed E-state index contributed by atoms with van der Waals surface area (Å²) in [4.78, 5) is 13.2. The highest BCUT2D eigenvalue weighted by Gasteiger charge is 2.32. The normalized spacial score (nSPS) is 24.8. The molecule has 1 aliphatic rings. The van der Waals surface area contributed by atoms with Gasteiger partial charge in [-0.15, -0.1) is 0 Å². The summed E-state index contributed by atoms with van der Waals surface area (Å²) in [6, 6.07) is -0.760. The van der Waals surface area contributed by atoms with E-state index in [2.05, 4.69) is 0 Å². The number of hydrogen-bond donors (Lipinski definition) is 1. The van der Waals surface area contributed by atoms with Gasteiger partial charge in [0.15, 0.2) is 9.84 Å². The molecular formula is C10H20N2O4S. The van der Waals surface area contributed by atoms with E-state index in [1.54, 1.807) is 14.0 Å². The van der Waals surface area contributed by atoms with Gasteiger partial charge in [0.05, 0.1) is 18.1 Å². The van der Waals surface area contributed by atoms with Crippen molar-refractivity contribution in [1.29, 1.82) is 0 Å². The van der Waals surface area contributed by atoms with Gasteiger partial charge in [0, 0.05) is 12.6 Å². The third kappa shape index (κ3) is 4.25. The van der Waals surface area contributed by atoms with E-state index in [0.717, 1.165) is 0 Å². The average Bonchev–Trinajstić information content (AvgIpc) is 2.59. The van der Waals surface area contributed by atoms with Crippen LogP contribution in [0, 0.1) is 0 Å². The average molecular weight is 264 g/mol. The smallest absolute Gasteiger partial charge is 0.324 e. The fourth-order valence-electron chi connectivity index (χ4n) is 1.91. The number of hydrogen-bond acceptors (Lipinski definition) is 6. The van der Waals surface area contributed by atoms with E-state index in [9.17, 15) is 13.2 Å². The molecule has 0 aromatic carbocycles. The molecule has 1 saturated heterocycles. The second-order valence-corrected chi connectivity index (χ2v) is 6.58. The zero-order chi connectivity index (χ0) is 13.1. The van der Waals surface area contributed by atoms with Crippen LogP contribution < -0.4 is 5.73 Å². The summed E-state index contributed by atoms with van der Waals surface area (Å²) in [7, 11) is -1.12. The Hall–Kier alpha value is -0.660. The molecule has 0 radical (unpaired) electrons. The summed E-state index contributed by atoms with van der Waals surface area (Å²) in [6.07, 6.45) is 0.606. The molecular weight excluding hydrogens is 244 g/mol. The minimum absolute atomic E-state index is 0.0412. The first-order valence-corrected chi connectivity index (χ1v) is 7.50. The zero-order valence-electron chi connectivity index (χ0n) is 10.3.